The Labute approximate surface area is 208 Å². The molecule has 0 fully saturated rings. The fourth-order valence-electron chi connectivity index (χ4n) is 3.33. The highest BCUT2D eigenvalue weighted by Crippen LogP contribution is 2.28. The number of carbonyl (C=O) groups excluding carboxylic acids is 3. The second-order valence-electron chi connectivity index (χ2n) is 10.4. The topological polar surface area (TPSA) is 106 Å². The average molecular weight is 486 g/mol. The van der Waals surface area contributed by atoms with E-state index in [4.69, 9.17) is 9.84 Å². The van der Waals surface area contributed by atoms with Crippen molar-refractivity contribution in [1.29, 1.82) is 0 Å². The molecule has 2 N–H and O–H groups in total. The number of amides is 3. The lowest BCUT2D eigenvalue weighted by Gasteiger charge is -2.24. The molecule has 35 heavy (non-hydrogen) atoms. The molecular weight excluding hydrogens is 446 g/mol. The van der Waals surface area contributed by atoms with Crippen molar-refractivity contribution in [3.8, 4) is 0 Å². The summed E-state index contributed by atoms with van der Waals surface area (Å²) >= 11 is 0. The summed E-state index contributed by atoms with van der Waals surface area (Å²) in [6.45, 7) is 16.5. The minimum Gasteiger partial charge on any atom is -0.462 e. The van der Waals surface area contributed by atoms with Gasteiger partial charge in [-0.1, -0.05) is 27.7 Å². The maximum atomic E-state index is 12.9. The van der Waals surface area contributed by atoms with Gasteiger partial charge in [-0.15, -0.1) is 0 Å². The van der Waals surface area contributed by atoms with Crippen molar-refractivity contribution >= 4 is 29.4 Å². The minimum atomic E-state index is -0.418. The molecule has 1 aromatic carbocycles. The van der Waals surface area contributed by atoms with Crippen LogP contribution in [0, 0.1) is 0 Å². The number of rotatable bonds is 8. The van der Waals surface area contributed by atoms with Crippen LogP contribution in [-0.4, -0.2) is 52.3 Å². The smallest absolute Gasteiger partial charge is 0.338 e. The van der Waals surface area contributed by atoms with E-state index >= 15 is 0 Å². The van der Waals surface area contributed by atoms with Gasteiger partial charge in [-0.2, -0.15) is 5.10 Å². The number of hydrogen-bond acceptors (Lipinski definition) is 5. The summed E-state index contributed by atoms with van der Waals surface area (Å²) in [5.41, 5.74) is 1.29. The van der Waals surface area contributed by atoms with E-state index in [9.17, 15) is 14.4 Å². The Bertz CT molecular complexity index is 1030. The molecule has 1 aromatic heterocycles. The molecule has 0 saturated carbocycles. The van der Waals surface area contributed by atoms with E-state index in [0.29, 0.717) is 36.6 Å². The van der Waals surface area contributed by atoms with Crippen LogP contribution in [0.15, 0.2) is 30.3 Å². The molecule has 0 bridgehead atoms. The van der Waals surface area contributed by atoms with Crippen molar-refractivity contribution in [2.24, 2.45) is 0 Å². The Hall–Kier alpha value is -3.36. The van der Waals surface area contributed by atoms with E-state index in [1.165, 1.54) is 4.90 Å². The zero-order chi connectivity index (χ0) is 26.4. The fraction of sp³-hybridized carbons (Fsp3) is 0.538. The summed E-state index contributed by atoms with van der Waals surface area (Å²) in [5, 5.41) is 10.4. The van der Waals surface area contributed by atoms with Crippen LogP contribution in [0.2, 0.25) is 0 Å². The predicted octanol–water partition coefficient (Wildman–Crippen LogP) is 4.99. The van der Waals surface area contributed by atoms with Crippen molar-refractivity contribution in [3.63, 3.8) is 0 Å². The Morgan fingerprint density at radius 3 is 2.14 bits per heavy atom. The zero-order valence-corrected chi connectivity index (χ0v) is 22.2. The first-order valence-corrected chi connectivity index (χ1v) is 12.0. The van der Waals surface area contributed by atoms with E-state index in [-0.39, 0.29) is 23.4 Å². The van der Waals surface area contributed by atoms with Crippen LogP contribution >= 0.6 is 0 Å². The molecule has 0 atom stereocenters. The van der Waals surface area contributed by atoms with Crippen molar-refractivity contribution < 1.29 is 19.1 Å². The quantitative estimate of drug-likeness (QED) is 0.512. The van der Waals surface area contributed by atoms with Crippen molar-refractivity contribution in [2.75, 3.05) is 30.3 Å². The van der Waals surface area contributed by atoms with E-state index in [1.807, 2.05) is 33.8 Å². The second-order valence-corrected chi connectivity index (χ2v) is 10.4. The van der Waals surface area contributed by atoms with Gasteiger partial charge in [-0.05, 0) is 58.4 Å². The third-order valence-electron chi connectivity index (χ3n) is 5.14. The minimum absolute atomic E-state index is 0.110. The third-order valence-corrected chi connectivity index (χ3v) is 5.14. The summed E-state index contributed by atoms with van der Waals surface area (Å²) in [6.07, 6.45) is 0.691. The summed E-state index contributed by atoms with van der Waals surface area (Å²) < 4.78 is 6.78. The number of hydrogen-bond donors (Lipinski definition) is 2. The van der Waals surface area contributed by atoms with Gasteiger partial charge in [0.25, 0.3) is 0 Å². The Morgan fingerprint density at radius 1 is 1.00 bits per heavy atom. The monoisotopic (exact) mass is 485 g/mol. The molecule has 0 unspecified atom stereocenters. The molecule has 3 amide bonds. The SMILES string of the molecule is CCCN(CC(=O)Nc1cc(C(C)(C)C)nn1C(C)(C)C)C(=O)Nc1ccc(C(=O)OCC)cc1. The maximum absolute atomic E-state index is 12.9. The molecule has 0 aliphatic rings. The van der Waals surface area contributed by atoms with Crippen LogP contribution in [0.25, 0.3) is 0 Å². The van der Waals surface area contributed by atoms with Gasteiger partial charge in [0, 0.05) is 23.7 Å². The molecule has 0 spiro atoms. The number of ether oxygens (including phenoxy) is 1. The van der Waals surface area contributed by atoms with E-state index in [1.54, 1.807) is 35.9 Å². The van der Waals surface area contributed by atoms with Gasteiger partial charge in [-0.3, -0.25) is 4.79 Å². The largest absolute Gasteiger partial charge is 0.462 e. The first kappa shape index (κ1) is 27.9. The Morgan fingerprint density at radius 2 is 1.63 bits per heavy atom. The van der Waals surface area contributed by atoms with Gasteiger partial charge >= 0.3 is 12.0 Å². The van der Waals surface area contributed by atoms with E-state index < -0.39 is 12.0 Å². The lowest BCUT2D eigenvalue weighted by molar-refractivity contribution is -0.116. The zero-order valence-electron chi connectivity index (χ0n) is 22.2. The number of carbonyl (C=O) groups is 3. The molecule has 2 aromatic rings. The maximum Gasteiger partial charge on any atom is 0.338 e. The van der Waals surface area contributed by atoms with Gasteiger partial charge < -0.3 is 20.3 Å². The van der Waals surface area contributed by atoms with Crippen LogP contribution < -0.4 is 10.6 Å². The Kier molecular flexibility index (Phi) is 9.06. The standard InChI is InChI=1S/C26H39N5O4/c1-9-15-30(24(34)27-19-13-11-18(12-14-19)23(33)35-10-2)17-22(32)28-21-16-20(25(3,4)5)29-31(21)26(6,7)8/h11-14,16H,9-10,15,17H2,1-8H3,(H,27,34)(H,28,32). The molecular formula is C26H39N5O4. The summed E-state index contributed by atoms with van der Waals surface area (Å²) in [4.78, 5) is 39.1. The van der Waals surface area contributed by atoms with Crippen molar-refractivity contribution in [3.05, 3.63) is 41.6 Å². The lowest BCUT2D eigenvalue weighted by Crippen LogP contribution is -2.41. The van der Waals surface area contributed by atoms with Crippen molar-refractivity contribution in [2.45, 2.75) is 72.8 Å². The molecule has 0 radical (unpaired) electrons. The number of nitrogens with one attached hydrogen (secondary N) is 2. The molecule has 0 saturated heterocycles. The lowest BCUT2D eigenvalue weighted by atomic mass is 9.92. The van der Waals surface area contributed by atoms with Gasteiger partial charge in [-0.25, -0.2) is 14.3 Å². The molecule has 9 nitrogen and oxygen atoms in total. The van der Waals surface area contributed by atoms with Gasteiger partial charge in [0.2, 0.25) is 5.91 Å². The number of benzene rings is 1. The molecule has 1 heterocycles. The predicted molar refractivity (Wildman–Crippen MR) is 138 cm³/mol. The van der Waals surface area contributed by atoms with Gasteiger partial charge in [0.15, 0.2) is 0 Å². The van der Waals surface area contributed by atoms with Crippen molar-refractivity contribution in [1.82, 2.24) is 14.7 Å². The van der Waals surface area contributed by atoms with Gasteiger partial charge in [0.05, 0.1) is 23.4 Å². The number of esters is 1. The normalized spacial score (nSPS) is 11.7. The average Bonchev–Trinajstić information content (AvgIpc) is 3.19. The number of nitrogens with zero attached hydrogens (tertiary/aromatic N) is 3. The molecule has 9 heteroatoms. The molecule has 192 valence electrons. The molecule has 2 rings (SSSR count). The second kappa shape index (κ2) is 11.4. The highest BCUT2D eigenvalue weighted by molar-refractivity contribution is 5.97. The van der Waals surface area contributed by atoms with Crippen LogP contribution in [0.4, 0.5) is 16.3 Å². The molecule has 0 aliphatic heterocycles. The summed E-state index contributed by atoms with van der Waals surface area (Å²) in [5.74, 6) is -0.130. The number of anilines is 2. The van der Waals surface area contributed by atoms with E-state index in [0.717, 1.165) is 5.69 Å². The van der Waals surface area contributed by atoms with Crippen LogP contribution in [0.5, 0.6) is 0 Å². The van der Waals surface area contributed by atoms with E-state index in [2.05, 4.69) is 31.4 Å². The highest BCUT2D eigenvalue weighted by atomic mass is 16.5. The van der Waals surface area contributed by atoms with Crippen LogP contribution in [0.3, 0.4) is 0 Å². The van der Waals surface area contributed by atoms with Gasteiger partial charge in [0.1, 0.15) is 12.4 Å². The summed E-state index contributed by atoms with van der Waals surface area (Å²) in [7, 11) is 0. The first-order valence-electron chi connectivity index (χ1n) is 12.0. The van der Waals surface area contributed by atoms with Crippen LogP contribution in [-0.2, 0) is 20.5 Å². The molecule has 0 aliphatic carbocycles. The number of urea groups is 1. The first-order chi connectivity index (χ1) is 16.3. The Balaban J connectivity index is 2.12. The fourth-order valence-corrected chi connectivity index (χ4v) is 3.33. The third kappa shape index (κ3) is 7.83. The summed E-state index contributed by atoms with van der Waals surface area (Å²) in [6, 6.07) is 7.92. The van der Waals surface area contributed by atoms with Crippen LogP contribution in [0.1, 0.15) is 77.9 Å². The number of aromatic nitrogens is 2. The highest BCUT2D eigenvalue weighted by Gasteiger charge is 2.26.